The smallest absolute Gasteiger partial charge is 0.268 e. The number of benzene rings is 1. The van der Waals surface area contributed by atoms with Crippen LogP contribution in [0.1, 0.15) is 10.4 Å². The van der Waals surface area contributed by atoms with Gasteiger partial charge in [0.2, 0.25) is 0 Å². The molecule has 0 aliphatic rings. The molecule has 0 heterocycles. The van der Waals surface area contributed by atoms with Gasteiger partial charge in [-0.3, -0.25) is 14.9 Å². The minimum absolute atomic E-state index is 0.164. The number of nitro groups is 1. The predicted molar refractivity (Wildman–Crippen MR) is 53.7 cm³/mol. The molecule has 0 atom stereocenters. The fourth-order valence-electron chi connectivity index (χ4n) is 0.949. The van der Waals surface area contributed by atoms with Crippen LogP contribution in [0.4, 0.5) is 5.69 Å². The number of hydrogen-bond acceptors (Lipinski definition) is 5. The monoisotopic (exact) mass is 245 g/mol. The van der Waals surface area contributed by atoms with E-state index in [1.807, 2.05) is 0 Å². The van der Waals surface area contributed by atoms with Crippen LogP contribution in [0.25, 0.3) is 0 Å². The Balaban J connectivity index is 3.01. The van der Waals surface area contributed by atoms with Gasteiger partial charge in [-0.25, -0.2) is 9.86 Å². The summed E-state index contributed by atoms with van der Waals surface area (Å²) in [5.74, 6) is -1.02. The van der Waals surface area contributed by atoms with Gasteiger partial charge in [0, 0.05) is 17.7 Å². The molecule has 1 amide bonds. The first kappa shape index (κ1) is 12.1. The van der Waals surface area contributed by atoms with Crippen LogP contribution in [0.5, 0.6) is 0 Å². The van der Waals surface area contributed by atoms with E-state index in [1.54, 1.807) is 0 Å². The number of carbonyl (C=O) groups is 1. The van der Waals surface area contributed by atoms with Gasteiger partial charge in [-0.15, -0.1) is 0 Å². The van der Waals surface area contributed by atoms with E-state index in [9.17, 15) is 23.3 Å². The standard InChI is InChI=1S/C7H7N3O5S/c8-16(14,15)9-7(11)5-2-1-3-6(4-5)10(12)13/h1-4H,(H,9,11)(H2,8,14,15). The van der Waals surface area contributed by atoms with Crippen LogP contribution in [0.3, 0.4) is 0 Å². The van der Waals surface area contributed by atoms with Crippen molar-refractivity contribution in [2.24, 2.45) is 5.14 Å². The van der Waals surface area contributed by atoms with Gasteiger partial charge in [0.25, 0.3) is 21.8 Å². The summed E-state index contributed by atoms with van der Waals surface area (Å²) in [6, 6.07) is 4.61. The third-order valence-electron chi connectivity index (χ3n) is 1.55. The topological polar surface area (TPSA) is 132 Å². The number of non-ortho nitro benzene ring substituents is 1. The molecule has 0 spiro atoms. The molecule has 0 fully saturated rings. The van der Waals surface area contributed by atoms with Crippen molar-refractivity contribution >= 4 is 21.8 Å². The van der Waals surface area contributed by atoms with E-state index in [4.69, 9.17) is 0 Å². The summed E-state index contributed by atoms with van der Waals surface area (Å²) >= 11 is 0. The molecule has 8 nitrogen and oxygen atoms in total. The Kier molecular flexibility index (Phi) is 3.20. The molecular formula is C7H7N3O5S. The molecule has 9 heteroatoms. The number of rotatable bonds is 3. The lowest BCUT2D eigenvalue weighted by atomic mass is 10.2. The number of nitrogens with zero attached hydrogens (tertiary/aromatic N) is 1. The minimum Gasteiger partial charge on any atom is -0.268 e. The fourth-order valence-corrected chi connectivity index (χ4v) is 1.33. The van der Waals surface area contributed by atoms with Crippen molar-refractivity contribution in [1.29, 1.82) is 0 Å². The second-order valence-corrected chi connectivity index (χ2v) is 4.08. The van der Waals surface area contributed by atoms with Gasteiger partial charge in [0.15, 0.2) is 0 Å². The van der Waals surface area contributed by atoms with E-state index in [2.05, 4.69) is 5.14 Å². The third-order valence-corrected chi connectivity index (χ3v) is 2.02. The van der Waals surface area contributed by atoms with Crippen molar-refractivity contribution in [3.05, 3.63) is 39.9 Å². The molecule has 0 radical (unpaired) electrons. The summed E-state index contributed by atoms with van der Waals surface area (Å²) < 4.78 is 22.6. The lowest BCUT2D eigenvalue weighted by molar-refractivity contribution is -0.384. The van der Waals surface area contributed by atoms with Crippen molar-refractivity contribution in [3.63, 3.8) is 0 Å². The van der Waals surface area contributed by atoms with Crippen LogP contribution in [0.2, 0.25) is 0 Å². The maximum absolute atomic E-state index is 11.2. The van der Waals surface area contributed by atoms with Gasteiger partial charge in [-0.2, -0.15) is 8.42 Å². The number of nitrogens with one attached hydrogen (secondary N) is 1. The van der Waals surface area contributed by atoms with E-state index >= 15 is 0 Å². The average molecular weight is 245 g/mol. The van der Waals surface area contributed by atoms with E-state index in [-0.39, 0.29) is 11.3 Å². The highest BCUT2D eigenvalue weighted by Gasteiger charge is 2.14. The Morgan fingerprint density at radius 1 is 1.44 bits per heavy atom. The summed E-state index contributed by atoms with van der Waals surface area (Å²) in [6.07, 6.45) is 0. The van der Waals surface area contributed by atoms with E-state index < -0.39 is 21.0 Å². The number of amides is 1. The second-order valence-electron chi connectivity index (χ2n) is 2.78. The molecule has 86 valence electrons. The molecule has 0 aliphatic carbocycles. The number of nitrogens with two attached hydrogens (primary N) is 1. The molecule has 0 bridgehead atoms. The normalized spacial score (nSPS) is 10.8. The van der Waals surface area contributed by atoms with Crippen molar-refractivity contribution in [3.8, 4) is 0 Å². The van der Waals surface area contributed by atoms with Crippen molar-refractivity contribution < 1.29 is 18.1 Å². The summed E-state index contributed by atoms with van der Waals surface area (Å²) in [5, 5.41) is 15.0. The largest absolute Gasteiger partial charge is 0.298 e. The molecule has 0 saturated carbocycles. The summed E-state index contributed by atoms with van der Waals surface area (Å²) in [4.78, 5) is 20.9. The highest BCUT2D eigenvalue weighted by atomic mass is 32.2. The molecule has 0 aliphatic heterocycles. The molecule has 0 saturated heterocycles. The van der Waals surface area contributed by atoms with Crippen LogP contribution in [-0.2, 0) is 10.2 Å². The zero-order chi connectivity index (χ0) is 12.3. The number of nitro benzene ring substituents is 1. The molecule has 3 N–H and O–H groups in total. The quantitative estimate of drug-likeness (QED) is 0.548. The molecular weight excluding hydrogens is 238 g/mol. The molecule has 1 rings (SSSR count). The van der Waals surface area contributed by atoms with Gasteiger partial charge in [-0.05, 0) is 6.07 Å². The van der Waals surface area contributed by atoms with Crippen molar-refractivity contribution in [2.45, 2.75) is 0 Å². The highest BCUT2D eigenvalue weighted by Crippen LogP contribution is 2.12. The van der Waals surface area contributed by atoms with Crippen molar-refractivity contribution in [2.75, 3.05) is 0 Å². The second kappa shape index (κ2) is 4.24. The van der Waals surface area contributed by atoms with Crippen molar-refractivity contribution in [1.82, 2.24) is 4.72 Å². The number of hydrogen-bond donors (Lipinski definition) is 2. The Morgan fingerprint density at radius 2 is 2.06 bits per heavy atom. The first-order chi connectivity index (χ1) is 7.29. The molecule has 0 unspecified atom stereocenters. The zero-order valence-electron chi connectivity index (χ0n) is 7.78. The van der Waals surface area contributed by atoms with Crippen LogP contribution in [0, 0.1) is 10.1 Å². The van der Waals surface area contributed by atoms with Gasteiger partial charge in [0.1, 0.15) is 0 Å². The van der Waals surface area contributed by atoms with Gasteiger partial charge in [0.05, 0.1) is 4.92 Å². The van der Waals surface area contributed by atoms with Crippen LogP contribution in [-0.4, -0.2) is 19.2 Å². The Hall–Kier alpha value is -2.00. The van der Waals surface area contributed by atoms with Crippen LogP contribution in [0.15, 0.2) is 24.3 Å². The first-order valence-corrected chi connectivity index (χ1v) is 5.43. The van der Waals surface area contributed by atoms with Gasteiger partial charge in [-0.1, -0.05) is 6.07 Å². The van der Waals surface area contributed by atoms with E-state index in [0.29, 0.717) is 0 Å². The SMILES string of the molecule is NS(=O)(=O)NC(=O)c1cccc([N+](=O)[O-])c1. The average Bonchev–Trinajstić information content (AvgIpc) is 2.15. The van der Waals surface area contributed by atoms with Gasteiger partial charge >= 0.3 is 0 Å². The summed E-state index contributed by atoms with van der Waals surface area (Å²) in [5.41, 5.74) is -0.481. The molecule has 0 aromatic heterocycles. The molecule has 1 aromatic carbocycles. The minimum atomic E-state index is -4.17. The maximum Gasteiger partial charge on any atom is 0.298 e. The third kappa shape index (κ3) is 3.29. The van der Waals surface area contributed by atoms with E-state index in [0.717, 1.165) is 6.07 Å². The molecule has 1 aromatic rings. The Bertz CT molecular complexity index is 539. The Morgan fingerprint density at radius 3 is 2.56 bits per heavy atom. The number of carbonyl (C=O) groups excluding carboxylic acids is 1. The lowest BCUT2D eigenvalue weighted by Gasteiger charge is -2.01. The van der Waals surface area contributed by atoms with E-state index in [1.165, 1.54) is 22.9 Å². The molecule has 16 heavy (non-hydrogen) atoms. The first-order valence-electron chi connectivity index (χ1n) is 3.89. The fraction of sp³-hybridized carbons (Fsp3) is 0. The summed E-state index contributed by atoms with van der Waals surface area (Å²) in [6.45, 7) is 0. The van der Waals surface area contributed by atoms with Crippen LogP contribution >= 0.6 is 0 Å². The maximum atomic E-state index is 11.2. The van der Waals surface area contributed by atoms with Gasteiger partial charge < -0.3 is 0 Å². The summed E-state index contributed by atoms with van der Waals surface area (Å²) in [7, 11) is -4.17. The lowest BCUT2D eigenvalue weighted by Crippen LogP contribution is -2.35. The zero-order valence-corrected chi connectivity index (χ0v) is 8.60. The predicted octanol–water partition coefficient (Wildman–Crippen LogP) is -0.472. The van der Waals surface area contributed by atoms with Crippen LogP contribution < -0.4 is 9.86 Å². The highest BCUT2D eigenvalue weighted by molar-refractivity contribution is 7.87. The Labute approximate surface area is 90.4 Å².